The van der Waals surface area contributed by atoms with E-state index in [2.05, 4.69) is 10.6 Å². The van der Waals surface area contributed by atoms with Gasteiger partial charge in [-0.05, 0) is 49.8 Å². The van der Waals surface area contributed by atoms with Gasteiger partial charge in [0.05, 0.1) is 0 Å². The van der Waals surface area contributed by atoms with Crippen LogP contribution in [-0.2, 0) is 15.1 Å². The number of amides is 4. The Kier molecular flexibility index (Phi) is 4.49. The highest BCUT2D eigenvalue weighted by Gasteiger charge is 2.51. The molecular weight excluding hydrogens is 325 g/mol. The van der Waals surface area contributed by atoms with Crippen LogP contribution in [0.5, 0.6) is 0 Å². The smallest absolute Gasteiger partial charge is 0.325 e. The lowest BCUT2D eigenvalue weighted by Gasteiger charge is -2.25. The van der Waals surface area contributed by atoms with E-state index in [1.807, 2.05) is 6.92 Å². The van der Waals surface area contributed by atoms with Crippen molar-refractivity contribution in [3.8, 4) is 0 Å². The van der Waals surface area contributed by atoms with Gasteiger partial charge < -0.3 is 10.6 Å². The molecule has 4 amide bonds. The Hall–Kier alpha value is -2.44. The lowest BCUT2D eigenvalue weighted by atomic mass is 9.87. The quantitative estimate of drug-likeness (QED) is 0.772. The maximum absolute atomic E-state index is 13.2. The highest BCUT2D eigenvalue weighted by atomic mass is 19.1. The lowest BCUT2D eigenvalue weighted by molar-refractivity contribution is -0.135. The number of halogens is 1. The molecule has 2 atom stereocenters. The van der Waals surface area contributed by atoms with Gasteiger partial charge in [0.15, 0.2) is 0 Å². The first-order chi connectivity index (χ1) is 11.9. The number of rotatable bonds is 6. The Labute approximate surface area is 145 Å². The summed E-state index contributed by atoms with van der Waals surface area (Å²) in [6.07, 6.45) is 2.49. The minimum Gasteiger partial charge on any atom is -0.352 e. The number of carbonyl (C=O) groups excluding carboxylic acids is 3. The Balaban J connectivity index is 1.76. The Bertz CT molecular complexity index is 702. The van der Waals surface area contributed by atoms with Gasteiger partial charge in [0.2, 0.25) is 5.91 Å². The molecule has 1 aromatic carbocycles. The second-order valence-corrected chi connectivity index (χ2v) is 6.78. The van der Waals surface area contributed by atoms with Gasteiger partial charge in [0.1, 0.15) is 17.9 Å². The number of nitrogens with zero attached hydrogens (tertiary/aromatic N) is 1. The molecule has 0 radical (unpaired) electrons. The second-order valence-electron chi connectivity index (χ2n) is 6.78. The van der Waals surface area contributed by atoms with Crippen molar-refractivity contribution in [1.29, 1.82) is 0 Å². The fourth-order valence-corrected chi connectivity index (χ4v) is 3.30. The summed E-state index contributed by atoms with van der Waals surface area (Å²) < 4.78 is 13.2. The number of carbonyl (C=O) groups is 3. The molecule has 3 rings (SSSR count). The maximum atomic E-state index is 13.2. The first-order valence-electron chi connectivity index (χ1n) is 8.57. The zero-order valence-corrected chi connectivity index (χ0v) is 14.3. The normalized spacial score (nSPS) is 24.2. The number of hydrogen-bond acceptors (Lipinski definition) is 3. The third-order valence-corrected chi connectivity index (χ3v) is 5.06. The van der Waals surface area contributed by atoms with Gasteiger partial charge >= 0.3 is 6.03 Å². The van der Waals surface area contributed by atoms with E-state index in [-0.39, 0.29) is 18.5 Å². The third-order valence-electron chi connectivity index (χ3n) is 5.06. The second kappa shape index (κ2) is 6.46. The Morgan fingerprint density at radius 1 is 1.36 bits per heavy atom. The van der Waals surface area contributed by atoms with E-state index in [0.29, 0.717) is 17.9 Å². The molecule has 1 aliphatic heterocycles. The Morgan fingerprint density at radius 2 is 2.00 bits per heavy atom. The predicted molar refractivity (Wildman–Crippen MR) is 88.9 cm³/mol. The molecule has 0 bridgehead atoms. The maximum Gasteiger partial charge on any atom is 0.325 e. The topological polar surface area (TPSA) is 78.5 Å². The summed E-state index contributed by atoms with van der Waals surface area (Å²) in [5.74, 6) is -0.771. The van der Waals surface area contributed by atoms with Crippen LogP contribution in [0.2, 0.25) is 0 Å². The molecule has 2 N–H and O–H groups in total. The van der Waals surface area contributed by atoms with Crippen LogP contribution in [0.25, 0.3) is 0 Å². The summed E-state index contributed by atoms with van der Waals surface area (Å²) in [4.78, 5) is 38.3. The van der Waals surface area contributed by atoms with E-state index in [1.54, 1.807) is 6.92 Å². The first kappa shape index (κ1) is 17.4. The molecule has 7 heteroatoms. The van der Waals surface area contributed by atoms with Gasteiger partial charge in [-0.2, -0.15) is 0 Å². The molecule has 25 heavy (non-hydrogen) atoms. The standard InChI is InChI=1S/C18H22FN3O3/c1-3-18(13-6-8-14(19)9-7-13)16(24)22(17(25)21-18)10-15(23)20-11(2)12-4-5-12/h6-9,11-12H,3-5,10H2,1-2H3,(H,20,23)(H,21,25)/t11-,18-/m0/s1. The van der Waals surface area contributed by atoms with Crippen LogP contribution in [0, 0.1) is 11.7 Å². The summed E-state index contributed by atoms with van der Waals surface area (Å²) >= 11 is 0. The van der Waals surface area contributed by atoms with Gasteiger partial charge in [0, 0.05) is 6.04 Å². The zero-order chi connectivity index (χ0) is 18.2. The van der Waals surface area contributed by atoms with Crippen molar-refractivity contribution >= 4 is 17.8 Å². The summed E-state index contributed by atoms with van der Waals surface area (Å²) in [6.45, 7) is 3.38. The molecule has 6 nitrogen and oxygen atoms in total. The highest BCUT2D eigenvalue weighted by Crippen LogP contribution is 2.33. The summed E-state index contributed by atoms with van der Waals surface area (Å²) in [7, 11) is 0. The molecule has 1 aromatic rings. The largest absolute Gasteiger partial charge is 0.352 e. The van der Waals surface area contributed by atoms with Crippen LogP contribution in [0.15, 0.2) is 24.3 Å². The van der Waals surface area contributed by atoms with Crippen LogP contribution >= 0.6 is 0 Å². The molecule has 0 spiro atoms. The lowest BCUT2D eigenvalue weighted by Crippen LogP contribution is -2.46. The zero-order valence-electron chi connectivity index (χ0n) is 14.3. The molecule has 0 unspecified atom stereocenters. The minimum atomic E-state index is -1.26. The average Bonchev–Trinajstić information content (AvgIpc) is 3.39. The van der Waals surface area contributed by atoms with Crippen molar-refractivity contribution < 1.29 is 18.8 Å². The van der Waals surface area contributed by atoms with Crippen molar-refractivity contribution in [1.82, 2.24) is 15.5 Å². The first-order valence-corrected chi connectivity index (χ1v) is 8.57. The van der Waals surface area contributed by atoms with Crippen molar-refractivity contribution in [3.05, 3.63) is 35.6 Å². The number of benzene rings is 1. The van der Waals surface area contributed by atoms with Crippen molar-refractivity contribution in [2.75, 3.05) is 6.54 Å². The van der Waals surface area contributed by atoms with Gasteiger partial charge in [-0.1, -0.05) is 19.1 Å². The van der Waals surface area contributed by atoms with Crippen LogP contribution < -0.4 is 10.6 Å². The molecule has 1 aliphatic carbocycles. The molecule has 2 fully saturated rings. The van der Waals surface area contributed by atoms with E-state index < -0.39 is 23.3 Å². The Morgan fingerprint density at radius 3 is 2.56 bits per heavy atom. The fourth-order valence-electron chi connectivity index (χ4n) is 3.30. The number of nitrogens with one attached hydrogen (secondary N) is 2. The predicted octanol–water partition coefficient (Wildman–Crippen LogP) is 1.90. The summed E-state index contributed by atoms with van der Waals surface area (Å²) in [5.41, 5.74) is -0.753. The summed E-state index contributed by atoms with van der Waals surface area (Å²) in [6, 6.07) is 4.90. The van der Waals surface area contributed by atoms with Gasteiger partial charge in [-0.3, -0.25) is 14.5 Å². The van der Waals surface area contributed by atoms with E-state index in [4.69, 9.17) is 0 Å². The molecule has 1 saturated heterocycles. The third kappa shape index (κ3) is 3.23. The van der Waals surface area contributed by atoms with Gasteiger partial charge in [-0.15, -0.1) is 0 Å². The van der Waals surface area contributed by atoms with E-state index in [0.717, 1.165) is 17.7 Å². The molecule has 2 aliphatic rings. The van der Waals surface area contributed by atoms with Gasteiger partial charge in [-0.25, -0.2) is 9.18 Å². The molecule has 0 aromatic heterocycles. The number of hydrogen-bond donors (Lipinski definition) is 2. The van der Waals surface area contributed by atoms with Crippen LogP contribution in [-0.4, -0.2) is 35.3 Å². The van der Waals surface area contributed by atoms with Crippen LogP contribution in [0.3, 0.4) is 0 Å². The van der Waals surface area contributed by atoms with Crippen LogP contribution in [0.1, 0.15) is 38.7 Å². The molecule has 134 valence electrons. The molecular formula is C18H22FN3O3. The van der Waals surface area contributed by atoms with E-state index >= 15 is 0 Å². The van der Waals surface area contributed by atoms with Gasteiger partial charge in [0.25, 0.3) is 5.91 Å². The number of urea groups is 1. The molecule has 1 heterocycles. The minimum absolute atomic E-state index is 0.0429. The van der Waals surface area contributed by atoms with Crippen LogP contribution in [0.4, 0.5) is 9.18 Å². The average molecular weight is 347 g/mol. The van der Waals surface area contributed by atoms with Crippen molar-refractivity contribution in [2.45, 2.75) is 44.7 Å². The fraction of sp³-hybridized carbons (Fsp3) is 0.500. The monoisotopic (exact) mass is 347 g/mol. The highest BCUT2D eigenvalue weighted by molar-refractivity contribution is 6.09. The van der Waals surface area contributed by atoms with E-state index in [9.17, 15) is 18.8 Å². The van der Waals surface area contributed by atoms with E-state index in [1.165, 1.54) is 24.3 Å². The molecule has 1 saturated carbocycles. The SMILES string of the molecule is CC[C@@]1(c2ccc(F)cc2)NC(=O)N(CC(=O)N[C@@H](C)C2CC2)C1=O. The van der Waals surface area contributed by atoms with Crippen molar-refractivity contribution in [3.63, 3.8) is 0 Å². The van der Waals surface area contributed by atoms with Crippen molar-refractivity contribution in [2.24, 2.45) is 5.92 Å². The number of imide groups is 1. The summed E-state index contributed by atoms with van der Waals surface area (Å²) in [5, 5.41) is 5.52.